The number of methoxy groups -OCH3 is 1. The first kappa shape index (κ1) is 15.3. The lowest BCUT2D eigenvalue weighted by atomic mass is 9.90. The molecule has 0 aromatic carbocycles. The largest absolute Gasteiger partial charge is 0.481 e. The number of hydrogen-bond donors (Lipinski definition) is 1. The zero-order valence-corrected chi connectivity index (χ0v) is 13.2. The zero-order valence-electron chi connectivity index (χ0n) is 13.2. The van der Waals surface area contributed by atoms with Gasteiger partial charge in [-0.1, -0.05) is 6.92 Å². The Hall–Kier alpha value is -1.07. The third kappa shape index (κ3) is 3.15. The maximum atomic E-state index is 6.01. The Bertz CT molecular complexity index is 435. The van der Waals surface area contributed by atoms with Gasteiger partial charge in [-0.05, 0) is 39.2 Å². The van der Waals surface area contributed by atoms with Crippen LogP contribution in [0.3, 0.4) is 0 Å². The summed E-state index contributed by atoms with van der Waals surface area (Å²) < 4.78 is 7.33. The Balaban J connectivity index is 2.10. The molecule has 1 fully saturated rings. The molecule has 0 saturated heterocycles. The second-order valence-electron chi connectivity index (χ2n) is 5.83. The summed E-state index contributed by atoms with van der Waals surface area (Å²) in [5.41, 5.74) is 8.29. The van der Waals surface area contributed by atoms with Gasteiger partial charge in [0.05, 0.1) is 18.4 Å². The molecular formula is C15H28N4O. The van der Waals surface area contributed by atoms with Crippen molar-refractivity contribution in [2.75, 3.05) is 13.7 Å². The summed E-state index contributed by atoms with van der Waals surface area (Å²) in [7, 11) is 3.65. The standard InChI is InChI=1S/C15H28N4O/c1-5-19(13-8-6-12(16)7-9-13)10-14-11(2)17-18(3)15(14)20-4/h12-13H,5-10,16H2,1-4H3. The van der Waals surface area contributed by atoms with Crippen molar-refractivity contribution in [3.8, 4) is 5.88 Å². The predicted molar refractivity (Wildman–Crippen MR) is 80.8 cm³/mol. The van der Waals surface area contributed by atoms with E-state index in [-0.39, 0.29) is 0 Å². The first-order valence-corrected chi connectivity index (χ1v) is 7.62. The van der Waals surface area contributed by atoms with Gasteiger partial charge in [-0.15, -0.1) is 0 Å². The topological polar surface area (TPSA) is 56.3 Å². The lowest BCUT2D eigenvalue weighted by Gasteiger charge is -2.35. The van der Waals surface area contributed by atoms with Gasteiger partial charge >= 0.3 is 0 Å². The van der Waals surface area contributed by atoms with E-state index in [0.717, 1.165) is 37.5 Å². The smallest absolute Gasteiger partial charge is 0.216 e. The maximum absolute atomic E-state index is 6.01. The van der Waals surface area contributed by atoms with E-state index in [1.165, 1.54) is 18.4 Å². The number of nitrogens with zero attached hydrogens (tertiary/aromatic N) is 3. The minimum atomic E-state index is 0.402. The van der Waals surface area contributed by atoms with E-state index < -0.39 is 0 Å². The van der Waals surface area contributed by atoms with Crippen LogP contribution in [-0.2, 0) is 13.6 Å². The van der Waals surface area contributed by atoms with Gasteiger partial charge in [0, 0.05) is 25.7 Å². The van der Waals surface area contributed by atoms with Crippen LogP contribution in [-0.4, -0.2) is 40.4 Å². The molecule has 0 spiro atoms. The highest BCUT2D eigenvalue weighted by atomic mass is 16.5. The molecule has 1 heterocycles. The van der Waals surface area contributed by atoms with Gasteiger partial charge < -0.3 is 10.5 Å². The highest BCUT2D eigenvalue weighted by Gasteiger charge is 2.25. The molecule has 0 unspecified atom stereocenters. The number of aromatic nitrogens is 2. The highest BCUT2D eigenvalue weighted by molar-refractivity contribution is 5.30. The van der Waals surface area contributed by atoms with E-state index >= 15 is 0 Å². The van der Waals surface area contributed by atoms with Crippen LogP contribution in [0, 0.1) is 6.92 Å². The molecule has 0 amide bonds. The second-order valence-corrected chi connectivity index (χ2v) is 5.83. The van der Waals surface area contributed by atoms with Crippen LogP contribution in [0.1, 0.15) is 43.9 Å². The van der Waals surface area contributed by atoms with Crippen molar-refractivity contribution in [2.24, 2.45) is 12.8 Å². The average molecular weight is 280 g/mol. The van der Waals surface area contributed by atoms with Gasteiger partial charge in [-0.3, -0.25) is 4.90 Å². The predicted octanol–water partition coefficient (Wildman–Crippen LogP) is 1.83. The zero-order chi connectivity index (χ0) is 14.7. The quantitative estimate of drug-likeness (QED) is 0.894. The van der Waals surface area contributed by atoms with Crippen LogP contribution in [0.4, 0.5) is 0 Å². The first-order valence-electron chi connectivity index (χ1n) is 7.62. The third-order valence-corrected chi connectivity index (χ3v) is 4.51. The van der Waals surface area contributed by atoms with Crippen LogP contribution >= 0.6 is 0 Å². The summed E-state index contributed by atoms with van der Waals surface area (Å²) in [6.45, 7) is 6.26. The fourth-order valence-electron chi connectivity index (χ4n) is 3.29. The van der Waals surface area contributed by atoms with Crippen molar-refractivity contribution in [3.63, 3.8) is 0 Å². The number of aryl methyl sites for hydroxylation is 2. The van der Waals surface area contributed by atoms with Gasteiger partial charge in [0.2, 0.25) is 5.88 Å². The monoisotopic (exact) mass is 280 g/mol. The van der Waals surface area contributed by atoms with Gasteiger partial charge in [-0.25, -0.2) is 4.68 Å². The van der Waals surface area contributed by atoms with Gasteiger partial charge in [0.25, 0.3) is 0 Å². The van der Waals surface area contributed by atoms with E-state index in [4.69, 9.17) is 10.5 Å². The molecule has 0 aliphatic heterocycles. The number of ether oxygens (including phenoxy) is 1. The summed E-state index contributed by atoms with van der Waals surface area (Å²) in [5.74, 6) is 0.883. The van der Waals surface area contributed by atoms with E-state index in [0.29, 0.717) is 12.1 Å². The van der Waals surface area contributed by atoms with E-state index in [1.807, 2.05) is 11.7 Å². The number of hydrogen-bond acceptors (Lipinski definition) is 4. The summed E-state index contributed by atoms with van der Waals surface area (Å²) in [4.78, 5) is 2.54. The molecule has 1 aliphatic carbocycles. The van der Waals surface area contributed by atoms with Crippen molar-refractivity contribution in [1.29, 1.82) is 0 Å². The Kier molecular flexibility index (Phi) is 5.05. The number of nitrogens with two attached hydrogens (primary N) is 1. The van der Waals surface area contributed by atoms with Crippen molar-refractivity contribution >= 4 is 0 Å². The van der Waals surface area contributed by atoms with E-state index in [2.05, 4.69) is 23.8 Å². The minimum absolute atomic E-state index is 0.402. The molecule has 114 valence electrons. The summed E-state index contributed by atoms with van der Waals surface area (Å²) in [5, 5.41) is 4.47. The molecule has 1 saturated carbocycles. The summed E-state index contributed by atoms with van der Waals surface area (Å²) in [6.07, 6.45) is 4.70. The second kappa shape index (κ2) is 6.59. The van der Waals surface area contributed by atoms with E-state index in [1.54, 1.807) is 7.11 Å². The lowest BCUT2D eigenvalue weighted by Crippen LogP contribution is -2.40. The Labute approximate surface area is 122 Å². The number of rotatable bonds is 5. The molecular weight excluding hydrogens is 252 g/mol. The Morgan fingerprint density at radius 3 is 2.55 bits per heavy atom. The molecule has 5 nitrogen and oxygen atoms in total. The summed E-state index contributed by atoms with van der Waals surface area (Å²) in [6, 6.07) is 1.05. The van der Waals surface area contributed by atoms with Crippen LogP contribution in [0.2, 0.25) is 0 Å². The molecule has 2 rings (SSSR count). The van der Waals surface area contributed by atoms with Gasteiger partial charge in [-0.2, -0.15) is 5.10 Å². The fourth-order valence-corrected chi connectivity index (χ4v) is 3.29. The first-order chi connectivity index (χ1) is 9.56. The van der Waals surface area contributed by atoms with Crippen molar-refractivity contribution in [1.82, 2.24) is 14.7 Å². The Morgan fingerprint density at radius 1 is 1.35 bits per heavy atom. The molecule has 0 radical (unpaired) electrons. The van der Waals surface area contributed by atoms with Crippen LogP contribution in [0.15, 0.2) is 0 Å². The molecule has 5 heteroatoms. The molecule has 1 aromatic heterocycles. The molecule has 2 N–H and O–H groups in total. The fraction of sp³-hybridized carbons (Fsp3) is 0.800. The average Bonchev–Trinajstić information content (AvgIpc) is 2.70. The van der Waals surface area contributed by atoms with Crippen LogP contribution in [0.5, 0.6) is 5.88 Å². The van der Waals surface area contributed by atoms with Crippen molar-refractivity contribution in [3.05, 3.63) is 11.3 Å². The van der Waals surface area contributed by atoms with Crippen LogP contribution < -0.4 is 10.5 Å². The molecule has 20 heavy (non-hydrogen) atoms. The van der Waals surface area contributed by atoms with Crippen molar-refractivity contribution < 1.29 is 4.74 Å². The van der Waals surface area contributed by atoms with E-state index in [9.17, 15) is 0 Å². The SMILES string of the molecule is CCN(Cc1c(C)nn(C)c1OC)C1CCC(N)CC1. The summed E-state index contributed by atoms with van der Waals surface area (Å²) >= 11 is 0. The maximum Gasteiger partial charge on any atom is 0.216 e. The van der Waals surface area contributed by atoms with Crippen molar-refractivity contribution in [2.45, 2.75) is 58.2 Å². The molecule has 1 aliphatic rings. The third-order valence-electron chi connectivity index (χ3n) is 4.51. The molecule has 0 bridgehead atoms. The van der Waals surface area contributed by atoms with Gasteiger partial charge in [0.1, 0.15) is 0 Å². The minimum Gasteiger partial charge on any atom is -0.481 e. The highest BCUT2D eigenvalue weighted by Crippen LogP contribution is 2.27. The normalized spacial score (nSPS) is 23.3. The van der Waals surface area contributed by atoms with Crippen LogP contribution in [0.25, 0.3) is 0 Å². The molecule has 0 atom stereocenters. The Morgan fingerprint density at radius 2 is 2.00 bits per heavy atom. The molecule has 1 aromatic rings. The lowest BCUT2D eigenvalue weighted by molar-refractivity contribution is 0.147. The van der Waals surface area contributed by atoms with Gasteiger partial charge in [0.15, 0.2) is 0 Å².